The average molecular weight is 320 g/mol. The predicted octanol–water partition coefficient (Wildman–Crippen LogP) is 1.87. The molecule has 1 saturated heterocycles. The van der Waals surface area contributed by atoms with Crippen molar-refractivity contribution >= 4 is 15.9 Å². The Morgan fingerprint density at radius 1 is 1.18 bits per heavy atom. The number of carbonyl (C=O) groups is 1. The van der Waals surface area contributed by atoms with Gasteiger partial charge in [-0.2, -0.15) is 0 Å². The zero-order chi connectivity index (χ0) is 15.9. The van der Waals surface area contributed by atoms with E-state index in [-0.39, 0.29) is 22.9 Å². The van der Waals surface area contributed by atoms with E-state index in [1.54, 1.807) is 12.1 Å². The molecule has 0 aliphatic carbocycles. The lowest BCUT2D eigenvalue weighted by Gasteiger charge is -2.31. The van der Waals surface area contributed by atoms with Gasteiger partial charge < -0.3 is 4.90 Å². The van der Waals surface area contributed by atoms with E-state index < -0.39 is 10.0 Å². The minimum Gasteiger partial charge on any atom is -0.329 e. The molecule has 0 radical (unpaired) electrons. The van der Waals surface area contributed by atoms with Gasteiger partial charge in [-0.3, -0.25) is 4.79 Å². The van der Waals surface area contributed by atoms with Crippen molar-refractivity contribution in [1.82, 2.24) is 9.21 Å². The first-order valence-electron chi connectivity index (χ1n) is 7.43. The standard InChI is InChI=1S/C16H20N2O3S/c1-17(2)22(20,21)15-10-6-12(7-11-15)16(19)18-13-4-3-5-14(18)9-8-13/h3-4,6-7,10-11,13-14H,5,8-9H2,1-2H3. The van der Waals surface area contributed by atoms with Gasteiger partial charge in [0, 0.05) is 25.7 Å². The van der Waals surface area contributed by atoms with Crippen molar-refractivity contribution in [1.29, 1.82) is 0 Å². The second-order valence-corrected chi connectivity index (χ2v) is 8.14. The molecule has 2 bridgehead atoms. The first kappa shape index (κ1) is 15.2. The van der Waals surface area contributed by atoms with Gasteiger partial charge in [0.2, 0.25) is 10.0 Å². The lowest BCUT2D eigenvalue weighted by atomic mass is 10.1. The van der Waals surface area contributed by atoms with Gasteiger partial charge in [-0.1, -0.05) is 12.2 Å². The van der Waals surface area contributed by atoms with E-state index in [0.29, 0.717) is 5.56 Å². The molecule has 3 rings (SSSR count). The molecule has 22 heavy (non-hydrogen) atoms. The topological polar surface area (TPSA) is 57.7 Å². The lowest BCUT2D eigenvalue weighted by Crippen LogP contribution is -2.42. The number of carbonyl (C=O) groups excluding carboxylic acids is 1. The molecule has 6 heteroatoms. The highest BCUT2D eigenvalue weighted by Crippen LogP contribution is 2.32. The summed E-state index contributed by atoms with van der Waals surface area (Å²) in [6.07, 6.45) is 7.22. The van der Waals surface area contributed by atoms with Crippen molar-refractivity contribution in [3.05, 3.63) is 42.0 Å². The molecule has 1 fully saturated rings. The molecular weight excluding hydrogens is 300 g/mol. The highest BCUT2D eigenvalue weighted by Gasteiger charge is 2.37. The molecule has 2 unspecified atom stereocenters. The molecule has 0 spiro atoms. The summed E-state index contributed by atoms with van der Waals surface area (Å²) in [4.78, 5) is 14.8. The number of rotatable bonds is 3. The molecule has 2 atom stereocenters. The third-order valence-corrected chi connectivity index (χ3v) is 6.26. The fourth-order valence-electron chi connectivity index (χ4n) is 3.17. The van der Waals surface area contributed by atoms with E-state index in [2.05, 4.69) is 12.2 Å². The Balaban J connectivity index is 1.85. The van der Waals surface area contributed by atoms with Crippen molar-refractivity contribution in [3.63, 3.8) is 0 Å². The molecule has 0 N–H and O–H groups in total. The zero-order valence-electron chi connectivity index (χ0n) is 12.8. The van der Waals surface area contributed by atoms with E-state index in [4.69, 9.17) is 0 Å². The van der Waals surface area contributed by atoms with Crippen LogP contribution < -0.4 is 0 Å². The molecular formula is C16H20N2O3S. The van der Waals surface area contributed by atoms with Crippen LogP contribution in [0.2, 0.25) is 0 Å². The Hall–Kier alpha value is -1.66. The van der Waals surface area contributed by atoms with E-state index in [1.165, 1.54) is 30.5 Å². The summed E-state index contributed by atoms with van der Waals surface area (Å²) in [5, 5.41) is 0. The number of nitrogens with zero attached hydrogens (tertiary/aromatic N) is 2. The van der Waals surface area contributed by atoms with E-state index in [9.17, 15) is 13.2 Å². The van der Waals surface area contributed by atoms with Gasteiger partial charge in [-0.05, 0) is 43.5 Å². The van der Waals surface area contributed by atoms with Crippen LogP contribution in [0.25, 0.3) is 0 Å². The van der Waals surface area contributed by atoms with Crippen LogP contribution in [0.5, 0.6) is 0 Å². The summed E-state index contributed by atoms with van der Waals surface area (Å²) in [7, 11) is -0.472. The maximum absolute atomic E-state index is 12.7. The van der Waals surface area contributed by atoms with Crippen LogP contribution in [0.15, 0.2) is 41.3 Å². The molecule has 2 heterocycles. The highest BCUT2D eigenvalue weighted by atomic mass is 32.2. The number of benzene rings is 1. The average Bonchev–Trinajstić information content (AvgIpc) is 2.75. The predicted molar refractivity (Wildman–Crippen MR) is 84.1 cm³/mol. The summed E-state index contributed by atoms with van der Waals surface area (Å²) >= 11 is 0. The van der Waals surface area contributed by atoms with Crippen LogP contribution >= 0.6 is 0 Å². The van der Waals surface area contributed by atoms with Gasteiger partial charge in [-0.25, -0.2) is 12.7 Å². The molecule has 0 saturated carbocycles. The molecule has 1 aromatic carbocycles. The number of hydrogen-bond acceptors (Lipinski definition) is 3. The van der Waals surface area contributed by atoms with Gasteiger partial charge in [0.15, 0.2) is 0 Å². The summed E-state index contributed by atoms with van der Waals surface area (Å²) in [6, 6.07) is 6.70. The molecule has 0 aromatic heterocycles. The van der Waals surface area contributed by atoms with Crippen molar-refractivity contribution in [2.45, 2.75) is 36.2 Å². The summed E-state index contributed by atoms with van der Waals surface area (Å²) in [5.41, 5.74) is 0.546. The largest absolute Gasteiger partial charge is 0.329 e. The second kappa shape index (κ2) is 5.52. The quantitative estimate of drug-likeness (QED) is 0.799. The van der Waals surface area contributed by atoms with E-state index in [1.807, 2.05) is 4.90 Å². The Morgan fingerprint density at radius 3 is 2.45 bits per heavy atom. The van der Waals surface area contributed by atoms with E-state index in [0.717, 1.165) is 19.3 Å². The fraction of sp³-hybridized carbons (Fsp3) is 0.438. The zero-order valence-corrected chi connectivity index (χ0v) is 13.6. The minimum atomic E-state index is -3.46. The summed E-state index contributed by atoms with van der Waals surface area (Å²) in [6.45, 7) is 0. The van der Waals surface area contributed by atoms with Crippen LogP contribution in [-0.4, -0.2) is 49.7 Å². The van der Waals surface area contributed by atoms with Crippen LogP contribution in [-0.2, 0) is 10.0 Å². The molecule has 118 valence electrons. The molecule has 5 nitrogen and oxygen atoms in total. The summed E-state index contributed by atoms with van der Waals surface area (Å²) in [5.74, 6) is -0.00866. The van der Waals surface area contributed by atoms with Crippen LogP contribution in [0.1, 0.15) is 29.6 Å². The van der Waals surface area contributed by atoms with Gasteiger partial charge in [0.05, 0.1) is 10.9 Å². The maximum atomic E-state index is 12.7. The molecule has 2 aliphatic rings. The van der Waals surface area contributed by atoms with Crippen molar-refractivity contribution < 1.29 is 13.2 Å². The number of fused-ring (bicyclic) bond motifs is 2. The van der Waals surface area contributed by atoms with Crippen molar-refractivity contribution in [2.24, 2.45) is 0 Å². The van der Waals surface area contributed by atoms with Crippen LogP contribution in [0.3, 0.4) is 0 Å². The van der Waals surface area contributed by atoms with Crippen LogP contribution in [0, 0.1) is 0 Å². The molecule has 1 amide bonds. The fourth-order valence-corrected chi connectivity index (χ4v) is 4.07. The summed E-state index contributed by atoms with van der Waals surface area (Å²) < 4.78 is 25.3. The first-order chi connectivity index (χ1) is 10.4. The monoisotopic (exact) mass is 320 g/mol. The highest BCUT2D eigenvalue weighted by molar-refractivity contribution is 7.89. The van der Waals surface area contributed by atoms with Gasteiger partial charge >= 0.3 is 0 Å². The Morgan fingerprint density at radius 2 is 1.86 bits per heavy atom. The third kappa shape index (κ3) is 2.46. The third-order valence-electron chi connectivity index (χ3n) is 4.43. The van der Waals surface area contributed by atoms with Gasteiger partial charge in [-0.15, -0.1) is 0 Å². The Labute approximate surface area is 131 Å². The lowest BCUT2D eigenvalue weighted by molar-refractivity contribution is 0.0689. The van der Waals surface area contributed by atoms with Crippen molar-refractivity contribution in [3.8, 4) is 0 Å². The van der Waals surface area contributed by atoms with Crippen LogP contribution in [0.4, 0.5) is 0 Å². The molecule has 2 aliphatic heterocycles. The van der Waals surface area contributed by atoms with E-state index >= 15 is 0 Å². The molecule has 1 aromatic rings. The second-order valence-electron chi connectivity index (χ2n) is 5.99. The number of hydrogen-bond donors (Lipinski definition) is 0. The minimum absolute atomic E-state index is 0.00866. The Bertz CT molecular complexity index is 707. The van der Waals surface area contributed by atoms with Gasteiger partial charge in [0.1, 0.15) is 0 Å². The van der Waals surface area contributed by atoms with Crippen molar-refractivity contribution in [2.75, 3.05) is 14.1 Å². The van der Waals surface area contributed by atoms with Gasteiger partial charge in [0.25, 0.3) is 5.91 Å². The normalized spacial score (nSPS) is 24.0. The first-order valence-corrected chi connectivity index (χ1v) is 8.87. The smallest absolute Gasteiger partial charge is 0.254 e. The SMILES string of the molecule is CN(C)S(=O)(=O)c1ccc(C(=O)N2C3C=CCC2CC3)cc1. The number of sulfonamides is 1. The number of amides is 1. The maximum Gasteiger partial charge on any atom is 0.254 e. The Kier molecular flexibility index (Phi) is 3.82.